The molecule has 0 aliphatic rings. The minimum absolute atomic E-state index is 0.00612. The van der Waals surface area contributed by atoms with Gasteiger partial charge in [-0.2, -0.15) is 0 Å². The molecular formula is C15H13N3O. The van der Waals surface area contributed by atoms with E-state index >= 15 is 0 Å². The lowest BCUT2D eigenvalue weighted by atomic mass is 10.1. The van der Waals surface area contributed by atoms with Crippen LogP contribution < -0.4 is 5.32 Å². The van der Waals surface area contributed by atoms with Crippen LogP contribution in [0.4, 0.5) is 5.69 Å². The van der Waals surface area contributed by atoms with E-state index in [9.17, 15) is 4.79 Å². The summed E-state index contributed by atoms with van der Waals surface area (Å²) in [6.07, 6.45) is 3.94. The van der Waals surface area contributed by atoms with Gasteiger partial charge in [-0.1, -0.05) is 13.0 Å². The third-order valence-corrected chi connectivity index (χ3v) is 3.06. The Labute approximate surface area is 110 Å². The lowest BCUT2D eigenvalue weighted by molar-refractivity contribution is -0.115. The molecule has 19 heavy (non-hydrogen) atoms. The highest BCUT2D eigenvalue weighted by molar-refractivity contribution is 6.11. The Balaban J connectivity index is 2.32. The maximum absolute atomic E-state index is 11.6. The lowest BCUT2D eigenvalue weighted by Gasteiger charge is -2.09. The molecule has 94 valence electrons. The molecule has 0 aliphatic carbocycles. The number of anilines is 1. The number of benzene rings is 1. The fraction of sp³-hybridized carbons (Fsp3) is 0.133. The number of carbonyl (C=O) groups is 1. The van der Waals surface area contributed by atoms with Gasteiger partial charge in [0.05, 0.1) is 16.7 Å². The third kappa shape index (κ3) is 2.01. The molecule has 1 N–H and O–H groups in total. The zero-order chi connectivity index (χ0) is 13.2. The number of pyridine rings is 2. The van der Waals surface area contributed by atoms with Crippen molar-refractivity contribution in [2.24, 2.45) is 0 Å². The Morgan fingerprint density at radius 1 is 1.16 bits per heavy atom. The number of carbonyl (C=O) groups excluding carboxylic acids is 1. The zero-order valence-corrected chi connectivity index (χ0v) is 10.6. The largest absolute Gasteiger partial charge is 0.325 e. The standard InChI is InChI=1S/C15H13N3O/c1-2-13(19)18-12-9-10-5-3-7-16-14(10)15-11(12)6-4-8-17-15/h3-9H,2H2,1H3,(H,18,19). The molecular weight excluding hydrogens is 238 g/mol. The van der Waals surface area contributed by atoms with Crippen molar-refractivity contribution in [3.8, 4) is 0 Å². The molecule has 0 aliphatic heterocycles. The van der Waals surface area contributed by atoms with Crippen LogP contribution in [0.2, 0.25) is 0 Å². The van der Waals surface area contributed by atoms with Crippen LogP contribution in [0.5, 0.6) is 0 Å². The van der Waals surface area contributed by atoms with Crippen molar-refractivity contribution >= 4 is 33.4 Å². The molecule has 3 aromatic rings. The highest BCUT2D eigenvalue weighted by Gasteiger charge is 2.09. The number of aromatic nitrogens is 2. The molecule has 0 fully saturated rings. The maximum Gasteiger partial charge on any atom is 0.224 e. The highest BCUT2D eigenvalue weighted by Crippen LogP contribution is 2.29. The molecule has 2 heterocycles. The van der Waals surface area contributed by atoms with Gasteiger partial charge >= 0.3 is 0 Å². The Morgan fingerprint density at radius 3 is 2.68 bits per heavy atom. The Bertz CT molecular complexity index is 768. The van der Waals surface area contributed by atoms with Crippen LogP contribution in [0.1, 0.15) is 13.3 Å². The Morgan fingerprint density at radius 2 is 1.89 bits per heavy atom. The predicted octanol–water partition coefficient (Wildman–Crippen LogP) is 3.13. The van der Waals surface area contributed by atoms with Crippen LogP contribution >= 0.6 is 0 Å². The molecule has 0 spiro atoms. The SMILES string of the molecule is CCC(=O)Nc1cc2cccnc2c2ncccc12. The number of amides is 1. The van der Waals surface area contributed by atoms with Gasteiger partial charge in [0.1, 0.15) is 0 Å². The summed E-state index contributed by atoms with van der Waals surface area (Å²) in [4.78, 5) is 20.4. The van der Waals surface area contributed by atoms with Gasteiger partial charge < -0.3 is 5.32 Å². The molecule has 0 unspecified atom stereocenters. The number of hydrogen-bond donors (Lipinski definition) is 1. The number of hydrogen-bond acceptors (Lipinski definition) is 3. The summed E-state index contributed by atoms with van der Waals surface area (Å²) >= 11 is 0. The van der Waals surface area contributed by atoms with E-state index < -0.39 is 0 Å². The fourth-order valence-electron chi connectivity index (χ4n) is 2.12. The first-order valence-electron chi connectivity index (χ1n) is 6.22. The smallest absolute Gasteiger partial charge is 0.224 e. The van der Waals surface area contributed by atoms with Crippen LogP contribution in [-0.4, -0.2) is 15.9 Å². The second-order valence-electron chi connectivity index (χ2n) is 4.30. The van der Waals surface area contributed by atoms with E-state index in [1.165, 1.54) is 0 Å². The van der Waals surface area contributed by atoms with Crippen LogP contribution in [0.3, 0.4) is 0 Å². The highest BCUT2D eigenvalue weighted by atomic mass is 16.1. The van der Waals surface area contributed by atoms with Gasteiger partial charge in [0, 0.05) is 29.6 Å². The van der Waals surface area contributed by atoms with Crippen molar-refractivity contribution in [1.82, 2.24) is 9.97 Å². The first-order valence-corrected chi connectivity index (χ1v) is 6.22. The summed E-state index contributed by atoms with van der Waals surface area (Å²) < 4.78 is 0. The summed E-state index contributed by atoms with van der Waals surface area (Å²) in [6, 6.07) is 9.60. The van der Waals surface area contributed by atoms with E-state index in [4.69, 9.17) is 0 Å². The molecule has 3 rings (SSSR count). The predicted molar refractivity (Wildman–Crippen MR) is 76.0 cm³/mol. The van der Waals surface area contributed by atoms with E-state index in [0.717, 1.165) is 27.5 Å². The fourth-order valence-corrected chi connectivity index (χ4v) is 2.12. The Kier molecular flexibility index (Phi) is 2.83. The maximum atomic E-state index is 11.6. The number of rotatable bonds is 2. The van der Waals surface area contributed by atoms with Gasteiger partial charge in [0.2, 0.25) is 5.91 Å². The minimum Gasteiger partial charge on any atom is -0.325 e. The molecule has 0 atom stereocenters. The minimum atomic E-state index is -0.00612. The van der Waals surface area contributed by atoms with E-state index in [0.29, 0.717) is 6.42 Å². The summed E-state index contributed by atoms with van der Waals surface area (Å²) in [7, 11) is 0. The van der Waals surface area contributed by atoms with Crippen molar-refractivity contribution in [2.45, 2.75) is 13.3 Å². The quantitative estimate of drug-likeness (QED) is 0.712. The second-order valence-corrected chi connectivity index (χ2v) is 4.30. The zero-order valence-electron chi connectivity index (χ0n) is 10.6. The normalized spacial score (nSPS) is 10.8. The molecule has 2 aromatic heterocycles. The van der Waals surface area contributed by atoms with E-state index in [-0.39, 0.29) is 5.91 Å². The van der Waals surface area contributed by atoms with Crippen molar-refractivity contribution in [1.29, 1.82) is 0 Å². The van der Waals surface area contributed by atoms with Crippen molar-refractivity contribution < 1.29 is 4.79 Å². The Hall–Kier alpha value is -2.49. The second kappa shape index (κ2) is 4.65. The van der Waals surface area contributed by atoms with Crippen LogP contribution in [0.25, 0.3) is 21.8 Å². The molecule has 0 saturated heterocycles. The van der Waals surface area contributed by atoms with Gasteiger partial charge in [-0.3, -0.25) is 14.8 Å². The van der Waals surface area contributed by atoms with Gasteiger partial charge in [-0.05, 0) is 24.3 Å². The van der Waals surface area contributed by atoms with Crippen LogP contribution in [0.15, 0.2) is 42.7 Å². The van der Waals surface area contributed by atoms with Gasteiger partial charge in [0.25, 0.3) is 0 Å². The van der Waals surface area contributed by atoms with Crippen molar-refractivity contribution in [3.05, 3.63) is 42.7 Å². The first kappa shape index (κ1) is 11.6. The molecule has 4 heteroatoms. The summed E-state index contributed by atoms with van der Waals surface area (Å²) in [5.41, 5.74) is 2.45. The van der Waals surface area contributed by atoms with E-state index in [1.54, 1.807) is 12.4 Å². The monoisotopic (exact) mass is 251 g/mol. The molecule has 0 radical (unpaired) electrons. The lowest BCUT2D eigenvalue weighted by Crippen LogP contribution is -2.10. The first-order chi connectivity index (χ1) is 9.29. The molecule has 0 bridgehead atoms. The average molecular weight is 251 g/mol. The van der Waals surface area contributed by atoms with Gasteiger partial charge in [-0.25, -0.2) is 0 Å². The molecule has 0 saturated carbocycles. The number of fused-ring (bicyclic) bond motifs is 3. The van der Waals surface area contributed by atoms with Gasteiger partial charge in [0.15, 0.2) is 0 Å². The van der Waals surface area contributed by atoms with Crippen LogP contribution in [0, 0.1) is 0 Å². The molecule has 1 aromatic carbocycles. The van der Waals surface area contributed by atoms with Crippen molar-refractivity contribution in [2.75, 3.05) is 5.32 Å². The third-order valence-electron chi connectivity index (χ3n) is 3.06. The summed E-state index contributed by atoms with van der Waals surface area (Å²) in [6.45, 7) is 1.83. The topological polar surface area (TPSA) is 54.9 Å². The molecule has 4 nitrogen and oxygen atoms in total. The number of nitrogens with one attached hydrogen (secondary N) is 1. The van der Waals surface area contributed by atoms with E-state index in [1.807, 2.05) is 37.3 Å². The summed E-state index contributed by atoms with van der Waals surface area (Å²) in [5.74, 6) is -0.00612. The average Bonchev–Trinajstić information content (AvgIpc) is 2.47. The number of nitrogens with zero attached hydrogens (tertiary/aromatic N) is 2. The van der Waals surface area contributed by atoms with Crippen molar-refractivity contribution in [3.63, 3.8) is 0 Å². The summed E-state index contributed by atoms with van der Waals surface area (Å²) in [5, 5.41) is 4.80. The van der Waals surface area contributed by atoms with Gasteiger partial charge in [-0.15, -0.1) is 0 Å². The molecule has 1 amide bonds. The van der Waals surface area contributed by atoms with Crippen LogP contribution in [-0.2, 0) is 4.79 Å². The van der Waals surface area contributed by atoms with E-state index in [2.05, 4.69) is 15.3 Å².